The van der Waals surface area contributed by atoms with Crippen LogP contribution in [0.1, 0.15) is 12.0 Å². The van der Waals surface area contributed by atoms with Gasteiger partial charge in [-0.2, -0.15) is 0 Å². The molecule has 3 aromatic rings. The number of hydrogen-bond donors (Lipinski definition) is 3. The number of urea groups is 1. The van der Waals surface area contributed by atoms with Crippen molar-refractivity contribution in [1.29, 1.82) is 0 Å². The van der Waals surface area contributed by atoms with E-state index in [4.69, 9.17) is 22.1 Å². The fourth-order valence-corrected chi connectivity index (χ4v) is 7.97. The topological polar surface area (TPSA) is 119 Å². The van der Waals surface area contributed by atoms with Crippen molar-refractivity contribution in [3.63, 3.8) is 0 Å². The number of nitrogens with one attached hydrogen (secondary N) is 2. The van der Waals surface area contributed by atoms with Crippen LogP contribution in [-0.4, -0.2) is 74.6 Å². The number of fused-ring (bicyclic) bond motifs is 1. The van der Waals surface area contributed by atoms with Crippen molar-refractivity contribution in [2.75, 3.05) is 25.6 Å². The van der Waals surface area contributed by atoms with Crippen LogP contribution in [0.4, 0.5) is 24.1 Å². The number of methoxy groups -OCH3 is 1. The Morgan fingerprint density at radius 2 is 2.00 bits per heavy atom. The molecule has 2 aromatic carbocycles. The summed E-state index contributed by atoms with van der Waals surface area (Å²) in [5, 5.41) is 6.67. The third-order valence-corrected chi connectivity index (χ3v) is 11.1. The number of likely N-dealkylation sites (tertiary alicyclic amines) is 1. The van der Waals surface area contributed by atoms with Crippen molar-refractivity contribution in [2.24, 2.45) is 5.73 Å². The molecular formula is C26H29AsClF2N5O4. The predicted octanol–water partition coefficient (Wildman–Crippen LogP) is 3.60. The molecule has 1 aliphatic heterocycles. The first-order chi connectivity index (χ1) is 18.6. The first-order valence-electron chi connectivity index (χ1n) is 12.2. The molecule has 9 nitrogen and oxygen atoms in total. The molecule has 0 bridgehead atoms. The Labute approximate surface area is 233 Å². The summed E-state index contributed by atoms with van der Waals surface area (Å²) in [5.74, 6) is -1.25. The zero-order valence-corrected chi connectivity index (χ0v) is 24.1. The molecule has 0 saturated carbocycles. The summed E-state index contributed by atoms with van der Waals surface area (Å²) < 4.78 is 36.4. The van der Waals surface area contributed by atoms with Gasteiger partial charge in [-0.15, -0.1) is 0 Å². The Hall–Kier alpha value is -3.14. The van der Waals surface area contributed by atoms with Crippen molar-refractivity contribution >= 4 is 65.2 Å². The maximum atomic E-state index is 14.8. The van der Waals surface area contributed by atoms with Crippen molar-refractivity contribution in [1.82, 2.24) is 14.8 Å². The zero-order chi connectivity index (χ0) is 28.3. The maximum absolute atomic E-state index is 14.8. The number of rotatable bonds is 8. The normalized spacial score (nSPS) is 17.8. The summed E-state index contributed by atoms with van der Waals surface area (Å²) in [6, 6.07) is 7.57. The Bertz CT molecular complexity index is 1400. The SMILES string of the molecule is COCC[As](C)c1cc(Cl)c(F)c(CNC(=O)[C@@H]2C[C@@H](F)CN2C(=O)Nc2cn(C(N)=O)c3ccccc23)c1. The van der Waals surface area contributed by atoms with E-state index >= 15 is 0 Å². The molecule has 13 heteroatoms. The molecule has 1 aromatic heterocycles. The summed E-state index contributed by atoms with van der Waals surface area (Å²) >= 11 is 4.61. The number of amides is 4. The van der Waals surface area contributed by atoms with E-state index in [0.717, 1.165) is 14.5 Å². The molecule has 3 atom stereocenters. The zero-order valence-electron chi connectivity index (χ0n) is 21.4. The van der Waals surface area contributed by atoms with E-state index in [1.165, 1.54) is 10.8 Å². The Kier molecular flexibility index (Phi) is 9.15. The van der Waals surface area contributed by atoms with Gasteiger partial charge in [0.25, 0.3) is 0 Å². The summed E-state index contributed by atoms with van der Waals surface area (Å²) in [5.41, 5.74) is 8.53. The number of hydrogen-bond acceptors (Lipinski definition) is 4. The van der Waals surface area contributed by atoms with Crippen molar-refractivity contribution in [2.45, 2.75) is 36.1 Å². The number of halogens is 3. The van der Waals surface area contributed by atoms with Crippen LogP contribution in [0.2, 0.25) is 15.9 Å². The number of carbonyl (C=O) groups excluding carboxylic acids is 3. The van der Waals surface area contributed by atoms with Gasteiger partial charge in [0.05, 0.1) is 5.52 Å². The first kappa shape index (κ1) is 28.9. The van der Waals surface area contributed by atoms with E-state index in [9.17, 15) is 23.2 Å². The third kappa shape index (κ3) is 6.37. The van der Waals surface area contributed by atoms with Gasteiger partial charge in [-0.25, -0.2) is 4.79 Å². The number of para-hydroxylation sites is 1. The third-order valence-electron chi connectivity index (χ3n) is 6.62. The fourth-order valence-electron chi connectivity index (χ4n) is 4.54. The summed E-state index contributed by atoms with van der Waals surface area (Å²) in [6.45, 7) is 0.126. The first-order valence-corrected chi connectivity index (χ1v) is 16.7. The van der Waals surface area contributed by atoms with Gasteiger partial charge >= 0.3 is 189 Å². The molecule has 208 valence electrons. The number of alkyl halides is 1. The Morgan fingerprint density at radius 3 is 2.72 bits per heavy atom. The van der Waals surface area contributed by atoms with Crippen LogP contribution >= 0.6 is 11.6 Å². The van der Waals surface area contributed by atoms with E-state index in [-0.39, 0.29) is 35.8 Å². The van der Waals surface area contributed by atoms with Gasteiger partial charge in [0, 0.05) is 0 Å². The summed E-state index contributed by atoms with van der Waals surface area (Å²) in [4.78, 5) is 39.1. The molecule has 1 aliphatic rings. The number of nitrogens with zero attached hydrogens (tertiary/aromatic N) is 2. The molecule has 0 aliphatic carbocycles. The predicted molar refractivity (Wildman–Crippen MR) is 147 cm³/mol. The molecule has 39 heavy (non-hydrogen) atoms. The number of benzene rings is 2. The molecule has 0 spiro atoms. The van der Waals surface area contributed by atoms with E-state index in [2.05, 4.69) is 16.3 Å². The van der Waals surface area contributed by atoms with Gasteiger partial charge in [-0.1, -0.05) is 18.2 Å². The van der Waals surface area contributed by atoms with Crippen molar-refractivity contribution < 1.29 is 27.9 Å². The van der Waals surface area contributed by atoms with Crippen molar-refractivity contribution in [3.05, 3.63) is 59.0 Å². The van der Waals surface area contributed by atoms with Gasteiger partial charge in [-0.3, -0.25) is 4.57 Å². The average molecular weight is 624 g/mol. The second kappa shape index (κ2) is 12.4. The number of nitrogens with two attached hydrogens (primary N) is 1. The molecule has 2 heterocycles. The quantitative estimate of drug-likeness (QED) is 0.332. The standard InChI is InChI=1S/C26H29AsClF2N5O4/c1-27(7-8-39-2)16-9-15(23(30)19(28)10-16)12-32-24(36)22-11-17(29)13-35(22)26(38)33-20-14-34(25(31)37)21-6-4-3-5-18(20)21/h3-6,9-10,14,17,22H,7-8,11-13H2,1-2H3,(H2,31,37)(H,32,36)(H,33,38)/t17-,22+,27?/m1/s1. The van der Waals surface area contributed by atoms with E-state index in [1.807, 2.05) is 0 Å². The van der Waals surface area contributed by atoms with Crippen LogP contribution in [0.3, 0.4) is 0 Å². The van der Waals surface area contributed by atoms with E-state index < -0.39 is 50.7 Å². The van der Waals surface area contributed by atoms with Gasteiger partial charge in [0.1, 0.15) is 0 Å². The van der Waals surface area contributed by atoms with E-state index in [1.54, 1.807) is 43.5 Å². The molecule has 1 unspecified atom stereocenters. The van der Waals surface area contributed by atoms with Gasteiger partial charge in [-0.05, 0) is 6.07 Å². The second-order valence-electron chi connectivity index (χ2n) is 9.23. The molecule has 1 fully saturated rings. The monoisotopic (exact) mass is 623 g/mol. The second-order valence-corrected chi connectivity index (χ2v) is 14.6. The molecule has 4 rings (SSSR count). The van der Waals surface area contributed by atoms with Gasteiger partial charge in [0.2, 0.25) is 0 Å². The minimum atomic E-state index is -1.52. The minimum absolute atomic E-state index is 0.0313. The van der Waals surface area contributed by atoms with E-state index in [0.29, 0.717) is 17.5 Å². The van der Waals surface area contributed by atoms with Crippen molar-refractivity contribution in [3.8, 4) is 0 Å². The number of primary amides is 1. The molecular weight excluding hydrogens is 595 g/mol. The molecule has 4 amide bonds. The van der Waals surface area contributed by atoms with Crippen LogP contribution in [0.5, 0.6) is 0 Å². The van der Waals surface area contributed by atoms with Gasteiger partial charge in [0.15, 0.2) is 0 Å². The molecule has 1 saturated heterocycles. The van der Waals surface area contributed by atoms with Gasteiger partial charge < -0.3 is 5.73 Å². The number of ether oxygens (including phenoxy) is 1. The number of aromatic nitrogens is 1. The fraction of sp³-hybridized carbons (Fsp3) is 0.346. The average Bonchev–Trinajstić information content (AvgIpc) is 3.48. The molecule has 4 N–H and O–H groups in total. The van der Waals surface area contributed by atoms with Crippen LogP contribution in [-0.2, 0) is 16.1 Å². The van der Waals surface area contributed by atoms with Crippen LogP contribution in [0.25, 0.3) is 10.9 Å². The number of anilines is 1. The molecule has 0 radical (unpaired) electrons. The number of carbonyl (C=O) groups is 3. The van der Waals surface area contributed by atoms with Crippen LogP contribution in [0, 0.1) is 5.82 Å². The Morgan fingerprint density at radius 1 is 1.26 bits per heavy atom. The Balaban J connectivity index is 1.48. The summed E-state index contributed by atoms with van der Waals surface area (Å²) in [6.07, 6.45) is -0.243. The van der Waals surface area contributed by atoms with Crippen LogP contribution < -0.4 is 20.7 Å². The summed E-state index contributed by atoms with van der Waals surface area (Å²) in [7, 11) is 1.62. The van der Waals surface area contributed by atoms with Crippen LogP contribution in [0.15, 0.2) is 42.6 Å².